The van der Waals surface area contributed by atoms with Gasteiger partial charge in [-0.05, 0) is 224 Å². The van der Waals surface area contributed by atoms with Gasteiger partial charge in [0.1, 0.15) is 0 Å². The number of allylic oxidation sites excluding steroid dienone is 4. The van der Waals surface area contributed by atoms with Gasteiger partial charge in [0.25, 0.3) is 0 Å². The summed E-state index contributed by atoms with van der Waals surface area (Å²) in [6.07, 6.45) is 21.3. The van der Waals surface area contributed by atoms with Gasteiger partial charge in [-0.25, -0.2) is 4.21 Å². The molecule has 8 saturated carbocycles. The Hall–Kier alpha value is -0.770. The van der Waals surface area contributed by atoms with E-state index in [0.717, 1.165) is 103 Å². The Labute approximate surface area is 455 Å². The van der Waals surface area contributed by atoms with Crippen LogP contribution in [0.1, 0.15) is 213 Å². The van der Waals surface area contributed by atoms with Crippen molar-refractivity contribution in [3.8, 4) is 0 Å². The van der Waals surface area contributed by atoms with Crippen LogP contribution in [0.2, 0.25) is 0 Å². The topological polar surface area (TPSA) is 126 Å². The molecule has 0 heterocycles. The summed E-state index contributed by atoms with van der Waals surface area (Å²) < 4.78 is 9.09. The van der Waals surface area contributed by atoms with Gasteiger partial charge in [-0.2, -0.15) is 0 Å². The monoisotopic (exact) mass is 1090 g/mol. The average Bonchev–Trinajstić information content (AvgIpc) is 3.26. The molecule has 4 unspecified atom stereocenters. The van der Waals surface area contributed by atoms with E-state index in [2.05, 4.69) is 111 Å². The summed E-state index contributed by atoms with van der Waals surface area (Å²) in [5.74, 6) is 1.18. The van der Waals surface area contributed by atoms with Crippen LogP contribution in [-0.2, 0) is 28.4 Å². The zero-order valence-corrected chi connectivity index (χ0v) is 50.2. The number of hydrogen-bond acceptors (Lipinski definition) is 6. The zero-order chi connectivity index (χ0) is 53.8. The Balaban J connectivity index is 0.000000179. The van der Waals surface area contributed by atoms with E-state index in [-0.39, 0.29) is 100 Å². The summed E-state index contributed by atoms with van der Waals surface area (Å²) in [5.41, 5.74) is 1.10. The summed E-state index contributed by atoms with van der Waals surface area (Å²) in [6, 6.07) is 0. The van der Waals surface area contributed by atoms with Crippen LogP contribution in [0.15, 0.2) is 23.3 Å². The molecule has 10 rings (SSSR count). The third kappa shape index (κ3) is 8.12. The fourth-order valence-electron chi connectivity index (χ4n) is 20.7. The van der Waals surface area contributed by atoms with Crippen molar-refractivity contribution in [1.29, 1.82) is 0 Å². The third-order valence-corrected chi connectivity index (χ3v) is 27.3. The minimum atomic E-state index is -1.67. The lowest BCUT2D eigenvalue weighted by Crippen LogP contribution is -2.66. The van der Waals surface area contributed by atoms with E-state index in [9.17, 15) is 29.4 Å². The third-order valence-electron chi connectivity index (χ3n) is 26.0. The quantitative estimate of drug-likeness (QED) is 0.208. The smallest absolute Gasteiger partial charge is 0.309 e. The van der Waals surface area contributed by atoms with E-state index in [1.54, 1.807) is 0 Å². The second-order valence-electron chi connectivity index (χ2n) is 30.0. The number of carbonyl (C=O) groups excluding carboxylic acids is 3. The van der Waals surface area contributed by atoms with Crippen molar-refractivity contribution in [2.75, 3.05) is 0 Å². The van der Waals surface area contributed by atoms with E-state index in [1.165, 1.54) is 17.6 Å². The number of fused-ring (bicyclic) bond motifs is 14. The molecule has 0 aromatic rings. The zero-order valence-electron chi connectivity index (χ0n) is 46.4. The largest absolute Gasteiger partial charge is 0.481 e. The highest BCUT2D eigenvalue weighted by Gasteiger charge is 2.72. The highest BCUT2D eigenvalue weighted by molar-refractivity contribution is 8.26. The van der Waals surface area contributed by atoms with Gasteiger partial charge in [0.15, 0.2) is 11.6 Å². The van der Waals surface area contributed by atoms with Gasteiger partial charge in [0.05, 0.1) is 11.5 Å². The van der Waals surface area contributed by atoms with Gasteiger partial charge in [0, 0.05) is 44.0 Å². The molecule has 0 spiro atoms. The Morgan fingerprint density at radius 3 is 1.35 bits per heavy atom. The van der Waals surface area contributed by atoms with Crippen molar-refractivity contribution < 1.29 is 33.6 Å². The molecule has 10 aliphatic carbocycles. The molecule has 0 bridgehead atoms. The van der Waals surface area contributed by atoms with Gasteiger partial charge < -0.3 is 10.2 Å². The first-order valence-electron chi connectivity index (χ1n) is 27.9. The van der Waals surface area contributed by atoms with Crippen LogP contribution < -0.4 is 0 Å². The molecule has 0 aromatic heterocycles. The number of rotatable bonds is 2. The van der Waals surface area contributed by atoms with Gasteiger partial charge >= 0.3 is 5.97 Å². The van der Waals surface area contributed by atoms with Crippen LogP contribution in [-0.4, -0.2) is 48.7 Å². The molecule has 7 nitrogen and oxygen atoms in total. The fraction of sp³-hybridized carbons (Fsp3) is 0.867. The van der Waals surface area contributed by atoms with Crippen molar-refractivity contribution in [1.82, 2.24) is 0 Å². The fourth-order valence-corrected chi connectivity index (χ4v) is 21.1. The first kappa shape index (κ1) is 57.4. The molecular formula is C60H90Cl4O7S. The second-order valence-corrected chi connectivity index (χ2v) is 33.4. The second kappa shape index (κ2) is 18.1. The Bertz CT molecular complexity index is 2210. The molecule has 0 aromatic carbocycles. The molecule has 8 fully saturated rings. The van der Waals surface area contributed by atoms with E-state index in [4.69, 9.17) is 27.4 Å². The summed E-state index contributed by atoms with van der Waals surface area (Å²) >= 11 is 13.0. The molecule has 0 radical (unpaired) electrons. The molecule has 0 aliphatic heterocycles. The van der Waals surface area contributed by atoms with Crippen molar-refractivity contribution in [2.24, 2.45) is 100 Å². The minimum absolute atomic E-state index is 0.0146. The van der Waals surface area contributed by atoms with Crippen molar-refractivity contribution in [3.05, 3.63) is 23.3 Å². The normalized spacial score (nSPS) is 51.6. The predicted octanol–water partition coefficient (Wildman–Crippen LogP) is 15.8. The summed E-state index contributed by atoms with van der Waals surface area (Å²) in [5, 5.41) is 20.9. The number of aliphatic hydroxyl groups excluding tert-OH is 1. The highest BCUT2D eigenvalue weighted by Crippen LogP contribution is 2.77. The molecule has 0 saturated heterocycles. The Morgan fingerprint density at radius 2 is 0.931 bits per heavy atom. The standard InChI is InChI=1S/C30H44Cl2O2.C30H46O4.Cl2OS/c1-25(2)21-8-11-30(7)23(28(21,5)10-9-22(25)31)20(33)16-18-19-17-27(4,24(32)34)13-12-26(19,3)14-15-29(18,30)6;1-25(2)21-8-11-30(7)23(28(21,5)10-9-22(25)32)20(31)16-18-19-17-27(4,24(33)34)13-12-26(19,3)14-15-29(18,30)6;1-4(2)3/h16,19,21-23H,8-15,17H2,1-7H3;16,19,21-23,32H,8-15,17H2,1-7H3,(H,33,34);/t2*19-,21?,22-,23?,26+,27-,28-,29-,30+;/m00./s1. The number of aliphatic hydroxyl groups is 1. The van der Waals surface area contributed by atoms with E-state index >= 15 is 0 Å². The summed E-state index contributed by atoms with van der Waals surface area (Å²) in [6.45, 7) is 32.3. The molecule has 12 heteroatoms. The summed E-state index contributed by atoms with van der Waals surface area (Å²) in [7, 11) is 7.36. The molecule has 406 valence electrons. The average molecular weight is 1100 g/mol. The van der Waals surface area contributed by atoms with Crippen LogP contribution in [0, 0.1) is 100 Å². The number of hydrogen-bond donors (Lipinski definition) is 2. The maximum absolute atomic E-state index is 14.3. The minimum Gasteiger partial charge on any atom is -0.481 e. The van der Waals surface area contributed by atoms with E-state index < -0.39 is 26.0 Å². The van der Waals surface area contributed by atoms with E-state index in [1.807, 2.05) is 19.9 Å². The van der Waals surface area contributed by atoms with Gasteiger partial charge in [-0.3, -0.25) is 19.2 Å². The van der Waals surface area contributed by atoms with Crippen molar-refractivity contribution in [2.45, 2.75) is 224 Å². The SMILES string of the molecule is CC1(C)C2CC[C@]3(C)C(C(=O)C=C4[C@@H]5C[C@@](C)(C(=O)Cl)CC[C@]5(C)CC[C@@]43C)[C@@]2(C)CC[C@@H]1Cl.CC1(C)C2CC[C@]3(C)C(C(=O)C=C4[C@@H]5C[C@@](C)(C(=O)O)CC[C@]5(C)CC[C@@]43C)[C@@]2(C)CC[C@@H]1O.O=S(Cl)Cl. The van der Waals surface area contributed by atoms with Crippen LogP contribution in [0.5, 0.6) is 0 Å². The predicted molar refractivity (Wildman–Crippen MR) is 293 cm³/mol. The van der Waals surface area contributed by atoms with Gasteiger partial charge in [-0.15, -0.1) is 11.6 Å². The number of halogens is 4. The summed E-state index contributed by atoms with van der Waals surface area (Å²) in [4.78, 5) is 53.1. The molecule has 72 heavy (non-hydrogen) atoms. The lowest BCUT2D eigenvalue weighted by molar-refractivity contribution is -0.202. The molecule has 10 aliphatic rings. The lowest BCUT2D eigenvalue weighted by atomic mass is 9.33. The number of carboxylic acids is 1. The lowest BCUT2D eigenvalue weighted by Gasteiger charge is -2.70. The van der Waals surface area contributed by atoms with Crippen LogP contribution in [0.25, 0.3) is 0 Å². The van der Waals surface area contributed by atoms with Crippen molar-refractivity contribution >= 4 is 76.6 Å². The molecule has 18 atom stereocenters. The number of alkyl halides is 1. The number of aliphatic carboxylic acids is 1. The Morgan fingerprint density at radius 1 is 0.556 bits per heavy atom. The van der Waals surface area contributed by atoms with Crippen LogP contribution in [0.3, 0.4) is 0 Å². The maximum Gasteiger partial charge on any atom is 0.309 e. The number of carbonyl (C=O) groups is 4. The number of carboxylic acid groups (broad SMARTS) is 1. The molecular weight excluding hydrogens is 1010 g/mol. The van der Waals surface area contributed by atoms with Crippen LogP contribution >= 0.6 is 44.6 Å². The maximum atomic E-state index is 14.3. The molecule has 0 amide bonds. The number of ketones is 2. The van der Waals surface area contributed by atoms with Gasteiger partial charge in [0.2, 0.25) is 14.5 Å². The van der Waals surface area contributed by atoms with Crippen LogP contribution in [0.4, 0.5) is 0 Å². The first-order valence-corrected chi connectivity index (χ1v) is 31.5. The van der Waals surface area contributed by atoms with Crippen molar-refractivity contribution in [3.63, 3.8) is 0 Å². The Kier molecular flexibility index (Phi) is 14.5. The molecule has 2 N–H and O–H groups in total. The van der Waals surface area contributed by atoms with E-state index in [0.29, 0.717) is 24.0 Å². The van der Waals surface area contributed by atoms with Gasteiger partial charge in [-0.1, -0.05) is 101 Å². The first-order chi connectivity index (χ1) is 32.8. The highest BCUT2D eigenvalue weighted by atomic mass is 36.0.